The van der Waals surface area contributed by atoms with Crippen LogP contribution in [0.5, 0.6) is 0 Å². The molecule has 34 heavy (non-hydrogen) atoms. The Morgan fingerprint density at radius 2 is 1.85 bits per heavy atom. The molecule has 2 heterocycles. The van der Waals surface area contributed by atoms with Crippen LogP contribution < -0.4 is 0 Å². The Labute approximate surface area is 207 Å². The quantitative estimate of drug-likeness (QED) is 0.350. The number of carbonyl (C=O) groups excluding carboxylic acids is 1. The van der Waals surface area contributed by atoms with Crippen molar-refractivity contribution in [1.82, 2.24) is 0 Å². The molecule has 1 aromatic rings. The zero-order chi connectivity index (χ0) is 24.1. The van der Waals surface area contributed by atoms with Gasteiger partial charge in [-0.1, -0.05) is 42.5 Å². The molecule has 174 valence electrons. The van der Waals surface area contributed by atoms with Crippen molar-refractivity contribution < 1.29 is 18.6 Å². The van der Waals surface area contributed by atoms with Gasteiger partial charge in [0.05, 0.1) is 15.7 Å². The second-order valence-corrected chi connectivity index (χ2v) is 12.3. The van der Waals surface area contributed by atoms with Gasteiger partial charge in [-0.25, -0.2) is 0 Å². The van der Waals surface area contributed by atoms with Crippen LogP contribution in [0, 0.1) is 23.7 Å². The summed E-state index contributed by atoms with van der Waals surface area (Å²) in [6.07, 6.45) is 9.64. The minimum Gasteiger partial charge on any atom is -0.466 e. The second kappa shape index (κ2) is 7.11. The Bertz CT molecular complexity index is 1070. The molecule has 2 unspecified atom stereocenters. The van der Waals surface area contributed by atoms with Crippen molar-refractivity contribution in [2.75, 3.05) is 0 Å². The van der Waals surface area contributed by atoms with E-state index in [4.69, 9.17) is 37.6 Å². The molecule has 4 fully saturated rings. The molecule has 4 aliphatic carbocycles. The van der Waals surface area contributed by atoms with E-state index in [1.54, 1.807) is 0 Å². The normalized spacial score (nSPS) is 49.8. The van der Waals surface area contributed by atoms with Crippen molar-refractivity contribution in [3.63, 3.8) is 0 Å². The third kappa shape index (κ3) is 2.56. The molecule has 0 aromatic carbocycles. The van der Waals surface area contributed by atoms with Crippen LogP contribution in [0.15, 0.2) is 28.2 Å². The summed E-state index contributed by atoms with van der Waals surface area (Å²) >= 11 is 0. The van der Waals surface area contributed by atoms with Crippen LogP contribution in [0.2, 0.25) is 10.6 Å². The molecule has 1 spiro atoms. The van der Waals surface area contributed by atoms with Crippen LogP contribution in [-0.4, -0.2) is 41.4 Å². The first-order valence-corrected chi connectivity index (χ1v) is 13.0. The first kappa shape index (κ1) is 23.1. The van der Waals surface area contributed by atoms with Gasteiger partial charge in [-0.3, -0.25) is 4.79 Å². The highest BCUT2D eigenvalue weighted by atomic mass is 16.6. The van der Waals surface area contributed by atoms with E-state index in [2.05, 4.69) is 26.0 Å². The van der Waals surface area contributed by atoms with Crippen LogP contribution in [0.25, 0.3) is 0 Å². The van der Waals surface area contributed by atoms with Crippen LogP contribution in [0.1, 0.15) is 89.1 Å². The maximum Gasteiger partial charge on any atom is 0.306 e. The van der Waals surface area contributed by atoms with Gasteiger partial charge in [0.2, 0.25) is 0 Å². The molecule has 1 saturated heterocycles. The van der Waals surface area contributed by atoms with E-state index in [0.29, 0.717) is 6.42 Å². The Morgan fingerprint density at radius 1 is 1.06 bits per heavy atom. The van der Waals surface area contributed by atoms with Crippen molar-refractivity contribution in [1.29, 1.82) is 0 Å². The van der Waals surface area contributed by atoms with Crippen molar-refractivity contribution >= 4 is 29.7 Å². The minimum atomic E-state index is -0.739. The maximum absolute atomic E-state index is 12.3. The van der Waals surface area contributed by atoms with Crippen molar-refractivity contribution in [2.45, 2.75) is 107 Å². The highest BCUT2D eigenvalue weighted by molar-refractivity contribution is 6.28. The van der Waals surface area contributed by atoms with Gasteiger partial charge in [0.25, 0.3) is 8.05 Å². The third-order valence-electron chi connectivity index (χ3n) is 11.3. The fourth-order valence-electron chi connectivity index (χ4n) is 9.27. The summed E-state index contributed by atoms with van der Waals surface area (Å²) in [4.78, 5) is 12.3. The van der Waals surface area contributed by atoms with Crippen LogP contribution in [-0.2, 0) is 14.2 Å². The van der Waals surface area contributed by atoms with Gasteiger partial charge in [0.1, 0.15) is 17.1 Å². The Balaban J connectivity index is 1.55. The summed E-state index contributed by atoms with van der Waals surface area (Å²) in [7, 11) is 21.0. The van der Waals surface area contributed by atoms with E-state index in [9.17, 15) is 4.79 Å². The molecule has 7 heteroatoms. The summed E-state index contributed by atoms with van der Waals surface area (Å²) in [6.45, 7) is 6.58. The second-order valence-electron chi connectivity index (χ2n) is 12.3. The highest BCUT2D eigenvalue weighted by Crippen LogP contribution is 2.85. The van der Waals surface area contributed by atoms with Crippen LogP contribution in [0.4, 0.5) is 0 Å². The molecule has 8 atom stereocenters. The van der Waals surface area contributed by atoms with Crippen molar-refractivity contribution in [3.05, 3.63) is 35.3 Å². The summed E-state index contributed by atoms with van der Waals surface area (Å²) in [5.41, 5.74) is 0.385. The molecule has 6 rings (SSSR count). The molecule has 3 saturated carbocycles. The van der Waals surface area contributed by atoms with Gasteiger partial charge < -0.3 is 13.8 Å². The summed E-state index contributed by atoms with van der Waals surface area (Å²) in [5, 5.41) is -1.44. The number of furan rings is 1. The van der Waals surface area contributed by atoms with Gasteiger partial charge in [-0.2, -0.15) is 0 Å². The topological polar surface area (TPSA) is 48.7 Å². The molecule has 1 aromatic heterocycles. The minimum absolute atomic E-state index is 0.0249. The first-order chi connectivity index (χ1) is 16.0. The standard InChI is InChI=1S/C27H33B3O4/c1-16-4-5-20(32-16)19-15-17-14-18(34-30)6-9-23(17,2)21-7-10-24(3)25(11-8-22(31)33-25)12-13-26(24,28)27(19,21)29/h4-5,15,18-19,21H,6-14H2,1-3H3/t18-,19-,21?,23-,24?,25-,26-,27-/m0/s1. The molecule has 4 nitrogen and oxygen atoms in total. The zero-order valence-electron chi connectivity index (χ0n) is 20.7. The smallest absolute Gasteiger partial charge is 0.306 e. The summed E-state index contributed by atoms with van der Waals surface area (Å²) in [6, 6.07) is 4.06. The Kier molecular flexibility index (Phi) is 4.82. The van der Waals surface area contributed by atoms with E-state index in [1.807, 2.05) is 13.0 Å². The Morgan fingerprint density at radius 3 is 2.50 bits per heavy atom. The molecular weight excluding hydrogens is 421 g/mol. The van der Waals surface area contributed by atoms with E-state index in [0.717, 1.165) is 62.9 Å². The number of esters is 1. The van der Waals surface area contributed by atoms with Crippen molar-refractivity contribution in [2.24, 2.45) is 16.7 Å². The van der Waals surface area contributed by atoms with Gasteiger partial charge in [0, 0.05) is 23.9 Å². The number of ether oxygens (including phenoxy) is 1. The fourth-order valence-corrected chi connectivity index (χ4v) is 9.27. The van der Waals surface area contributed by atoms with Gasteiger partial charge in [0.15, 0.2) is 0 Å². The van der Waals surface area contributed by atoms with E-state index >= 15 is 0 Å². The lowest BCUT2D eigenvalue weighted by atomic mass is 9.24. The molecule has 0 N–H and O–H groups in total. The SMILES string of the molecule is [B]O[C@H]1CC[C@@]2(C)C(=C[C@@H](c3ccc(C)o3)[C@]3([B])C2CCC2(C)[C@]4(CCC(=O)O4)CC[C@]23[B])C1. The first-order valence-electron chi connectivity index (χ1n) is 13.0. The number of fused-ring (bicyclic) bond motifs is 6. The largest absolute Gasteiger partial charge is 0.466 e. The zero-order valence-corrected chi connectivity index (χ0v) is 20.7. The average Bonchev–Trinajstić information content (AvgIpc) is 3.46. The lowest BCUT2D eigenvalue weighted by Crippen LogP contribution is -2.61. The average molecular weight is 454 g/mol. The van der Waals surface area contributed by atoms with E-state index in [-0.39, 0.29) is 29.3 Å². The lowest BCUT2D eigenvalue weighted by Gasteiger charge is -2.71. The molecular formula is C27H33B3O4. The van der Waals surface area contributed by atoms with Gasteiger partial charge >= 0.3 is 5.97 Å². The van der Waals surface area contributed by atoms with Crippen LogP contribution in [0.3, 0.4) is 0 Å². The van der Waals surface area contributed by atoms with E-state index in [1.165, 1.54) is 5.57 Å². The van der Waals surface area contributed by atoms with Gasteiger partial charge in [-0.05, 0) is 75.3 Å². The molecule has 5 aliphatic rings. The highest BCUT2D eigenvalue weighted by Gasteiger charge is 2.76. The molecule has 0 bridgehead atoms. The number of hydrogen-bond donors (Lipinski definition) is 0. The number of allylic oxidation sites excluding steroid dienone is 1. The molecule has 6 radical (unpaired) electrons. The predicted octanol–water partition coefficient (Wildman–Crippen LogP) is 5.21. The molecule has 0 amide bonds. The summed E-state index contributed by atoms with van der Waals surface area (Å²) < 4.78 is 17.7. The Hall–Kier alpha value is -1.36. The maximum atomic E-state index is 12.3. The lowest BCUT2D eigenvalue weighted by molar-refractivity contribution is -0.165. The number of rotatable bonds is 2. The third-order valence-corrected chi connectivity index (χ3v) is 11.3. The van der Waals surface area contributed by atoms with E-state index < -0.39 is 21.6 Å². The fraction of sp³-hybridized carbons (Fsp3) is 0.741. The van der Waals surface area contributed by atoms with Gasteiger partial charge in [-0.15, -0.1) is 0 Å². The number of carbonyl (C=O) groups is 1. The van der Waals surface area contributed by atoms with Crippen LogP contribution >= 0.6 is 0 Å². The summed E-state index contributed by atoms with van der Waals surface area (Å²) in [5.74, 6) is 1.65. The predicted molar refractivity (Wildman–Crippen MR) is 132 cm³/mol. The van der Waals surface area contributed by atoms with Crippen molar-refractivity contribution in [3.8, 4) is 0 Å². The number of aryl methyl sites for hydroxylation is 1. The monoisotopic (exact) mass is 454 g/mol. The number of hydrogen-bond acceptors (Lipinski definition) is 4. The molecule has 1 aliphatic heterocycles.